The third-order valence-corrected chi connectivity index (χ3v) is 4.19. The highest BCUT2D eigenvalue weighted by molar-refractivity contribution is 5.73. The Morgan fingerprint density at radius 2 is 2.30 bits per heavy atom. The monoisotopic (exact) mass is 275 g/mol. The van der Waals surface area contributed by atoms with E-state index in [-0.39, 0.29) is 11.9 Å². The van der Waals surface area contributed by atoms with E-state index in [4.69, 9.17) is 4.74 Å². The van der Waals surface area contributed by atoms with Gasteiger partial charge in [0.1, 0.15) is 12.1 Å². The summed E-state index contributed by atoms with van der Waals surface area (Å²) in [5, 5.41) is 0. The zero-order valence-electron chi connectivity index (χ0n) is 12.0. The Morgan fingerprint density at radius 1 is 1.40 bits per heavy atom. The largest absolute Gasteiger partial charge is 0.466 e. The van der Waals surface area contributed by atoms with Gasteiger partial charge in [-0.3, -0.25) is 4.79 Å². The first-order chi connectivity index (χ1) is 9.79. The molecule has 1 atom stereocenters. The van der Waals surface area contributed by atoms with Crippen LogP contribution in [0.15, 0.2) is 6.33 Å². The van der Waals surface area contributed by atoms with Crippen LogP contribution in [0.5, 0.6) is 0 Å². The van der Waals surface area contributed by atoms with Crippen molar-refractivity contribution in [1.82, 2.24) is 9.97 Å². The summed E-state index contributed by atoms with van der Waals surface area (Å²) in [5.74, 6) is 0.958. The molecule has 0 bridgehead atoms. The van der Waals surface area contributed by atoms with E-state index in [2.05, 4.69) is 14.9 Å². The van der Waals surface area contributed by atoms with E-state index in [1.54, 1.807) is 6.33 Å². The quantitative estimate of drug-likeness (QED) is 0.787. The van der Waals surface area contributed by atoms with Gasteiger partial charge in [0.05, 0.1) is 12.5 Å². The molecule has 5 nitrogen and oxygen atoms in total. The van der Waals surface area contributed by atoms with Crippen LogP contribution in [0.25, 0.3) is 0 Å². The van der Waals surface area contributed by atoms with Crippen LogP contribution in [-0.4, -0.2) is 35.6 Å². The Kier molecular flexibility index (Phi) is 3.85. The lowest BCUT2D eigenvalue weighted by Gasteiger charge is -2.33. The van der Waals surface area contributed by atoms with Crippen LogP contribution in [-0.2, 0) is 22.4 Å². The van der Waals surface area contributed by atoms with Gasteiger partial charge in [0.2, 0.25) is 0 Å². The Labute approximate surface area is 119 Å². The van der Waals surface area contributed by atoms with Gasteiger partial charge < -0.3 is 9.64 Å². The second-order valence-corrected chi connectivity index (χ2v) is 5.51. The van der Waals surface area contributed by atoms with Crippen molar-refractivity contribution in [3.8, 4) is 0 Å². The minimum atomic E-state index is -0.0668. The number of rotatable bonds is 3. The topological polar surface area (TPSA) is 55.3 Å². The number of ether oxygens (including phenoxy) is 1. The van der Waals surface area contributed by atoms with Gasteiger partial charge in [-0.25, -0.2) is 9.97 Å². The van der Waals surface area contributed by atoms with Crippen molar-refractivity contribution in [2.45, 2.75) is 39.0 Å². The maximum atomic E-state index is 11.9. The van der Waals surface area contributed by atoms with Crippen LogP contribution in [0, 0.1) is 5.92 Å². The average molecular weight is 275 g/mol. The van der Waals surface area contributed by atoms with Crippen LogP contribution < -0.4 is 4.90 Å². The van der Waals surface area contributed by atoms with E-state index >= 15 is 0 Å². The Morgan fingerprint density at radius 3 is 3.15 bits per heavy atom. The predicted octanol–water partition coefficient (Wildman–Crippen LogP) is 1.74. The number of aryl methyl sites for hydroxylation is 1. The molecule has 1 aliphatic heterocycles. The summed E-state index contributed by atoms with van der Waals surface area (Å²) < 4.78 is 5.16. The first kappa shape index (κ1) is 13.3. The standard InChI is InChI=1S/C15H21N3O2/c1-2-20-15(19)11-5-4-8-18(9-11)14-12-6-3-7-13(12)16-10-17-14/h10-11H,2-9H2,1H3. The second kappa shape index (κ2) is 5.77. The fourth-order valence-corrected chi connectivity index (χ4v) is 3.24. The third kappa shape index (κ3) is 2.49. The number of carbonyl (C=O) groups excluding carboxylic acids is 1. The first-order valence-corrected chi connectivity index (χ1v) is 7.54. The van der Waals surface area contributed by atoms with Crippen LogP contribution >= 0.6 is 0 Å². The molecule has 1 unspecified atom stereocenters. The zero-order valence-corrected chi connectivity index (χ0v) is 12.0. The molecule has 1 fully saturated rings. The summed E-state index contributed by atoms with van der Waals surface area (Å²) in [6.45, 7) is 4.01. The number of fused-ring (bicyclic) bond motifs is 1. The molecule has 1 aromatic heterocycles. The summed E-state index contributed by atoms with van der Waals surface area (Å²) in [6.07, 6.45) is 6.88. The molecule has 5 heteroatoms. The predicted molar refractivity (Wildman–Crippen MR) is 75.6 cm³/mol. The summed E-state index contributed by atoms with van der Waals surface area (Å²) in [7, 11) is 0. The van der Waals surface area contributed by atoms with E-state index in [1.165, 1.54) is 11.3 Å². The number of hydrogen-bond donors (Lipinski definition) is 0. The van der Waals surface area contributed by atoms with Gasteiger partial charge in [-0.1, -0.05) is 0 Å². The average Bonchev–Trinajstić information content (AvgIpc) is 2.96. The molecule has 1 aliphatic carbocycles. The van der Waals surface area contributed by atoms with Crippen LogP contribution in [0.2, 0.25) is 0 Å². The van der Waals surface area contributed by atoms with Crippen molar-refractivity contribution in [2.75, 3.05) is 24.6 Å². The Bertz CT molecular complexity index is 504. The van der Waals surface area contributed by atoms with E-state index in [1.807, 2.05) is 6.92 Å². The molecule has 0 spiro atoms. The lowest BCUT2D eigenvalue weighted by molar-refractivity contribution is -0.148. The van der Waals surface area contributed by atoms with E-state index in [0.29, 0.717) is 6.61 Å². The Hall–Kier alpha value is -1.65. The summed E-state index contributed by atoms with van der Waals surface area (Å²) in [5.41, 5.74) is 2.48. The molecule has 3 rings (SSSR count). The van der Waals surface area contributed by atoms with E-state index in [0.717, 1.165) is 51.0 Å². The molecule has 0 saturated carbocycles. The lowest BCUT2D eigenvalue weighted by atomic mass is 9.98. The number of carbonyl (C=O) groups is 1. The van der Waals surface area contributed by atoms with Crippen molar-refractivity contribution in [2.24, 2.45) is 5.92 Å². The fourth-order valence-electron chi connectivity index (χ4n) is 3.24. The maximum absolute atomic E-state index is 11.9. The number of hydrogen-bond acceptors (Lipinski definition) is 5. The normalized spacial score (nSPS) is 21.6. The molecule has 1 aromatic rings. The highest BCUT2D eigenvalue weighted by Crippen LogP contribution is 2.30. The number of piperidine rings is 1. The van der Waals surface area contributed by atoms with Gasteiger partial charge in [-0.15, -0.1) is 0 Å². The SMILES string of the molecule is CCOC(=O)C1CCCN(c2ncnc3c2CCC3)C1. The zero-order chi connectivity index (χ0) is 13.9. The summed E-state index contributed by atoms with van der Waals surface area (Å²) >= 11 is 0. The van der Waals surface area contributed by atoms with Crippen molar-refractivity contribution >= 4 is 11.8 Å². The van der Waals surface area contributed by atoms with Crippen LogP contribution in [0.1, 0.15) is 37.4 Å². The molecule has 2 heterocycles. The van der Waals surface area contributed by atoms with Crippen molar-refractivity contribution in [1.29, 1.82) is 0 Å². The van der Waals surface area contributed by atoms with Gasteiger partial charge in [0.15, 0.2) is 0 Å². The molecular formula is C15H21N3O2. The molecule has 20 heavy (non-hydrogen) atoms. The molecule has 108 valence electrons. The summed E-state index contributed by atoms with van der Waals surface area (Å²) in [4.78, 5) is 23.0. The van der Waals surface area contributed by atoms with E-state index in [9.17, 15) is 4.79 Å². The first-order valence-electron chi connectivity index (χ1n) is 7.54. The molecular weight excluding hydrogens is 254 g/mol. The number of esters is 1. The van der Waals surface area contributed by atoms with Crippen molar-refractivity contribution in [3.05, 3.63) is 17.6 Å². The number of anilines is 1. The van der Waals surface area contributed by atoms with Gasteiger partial charge in [-0.2, -0.15) is 0 Å². The number of nitrogens with zero attached hydrogens (tertiary/aromatic N) is 3. The fraction of sp³-hybridized carbons (Fsp3) is 0.667. The molecule has 0 radical (unpaired) electrons. The third-order valence-electron chi connectivity index (χ3n) is 4.19. The maximum Gasteiger partial charge on any atom is 0.310 e. The molecule has 1 saturated heterocycles. The Balaban J connectivity index is 1.77. The molecule has 0 aromatic carbocycles. The molecule has 0 amide bonds. The summed E-state index contributed by atoms with van der Waals surface area (Å²) in [6, 6.07) is 0. The van der Waals surface area contributed by atoms with Gasteiger partial charge in [0.25, 0.3) is 0 Å². The minimum absolute atomic E-state index is 0.0179. The van der Waals surface area contributed by atoms with Crippen molar-refractivity contribution < 1.29 is 9.53 Å². The lowest BCUT2D eigenvalue weighted by Crippen LogP contribution is -2.40. The molecule has 2 aliphatic rings. The number of aromatic nitrogens is 2. The van der Waals surface area contributed by atoms with Gasteiger partial charge >= 0.3 is 5.97 Å². The van der Waals surface area contributed by atoms with E-state index < -0.39 is 0 Å². The van der Waals surface area contributed by atoms with Crippen LogP contribution in [0.4, 0.5) is 5.82 Å². The highest BCUT2D eigenvalue weighted by atomic mass is 16.5. The van der Waals surface area contributed by atoms with Gasteiger partial charge in [-0.05, 0) is 39.0 Å². The van der Waals surface area contributed by atoms with Crippen molar-refractivity contribution in [3.63, 3.8) is 0 Å². The van der Waals surface area contributed by atoms with Crippen LogP contribution in [0.3, 0.4) is 0 Å². The minimum Gasteiger partial charge on any atom is -0.466 e. The second-order valence-electron chi connectivity index (χ2n) is 5.51. The molecule has 0 N–H and O–H groups in total. The van der Waals surface area contributed by atoms with Gasteiger partial charge in [0, 0.05) is 24.3 Å². The smallest absolute Gasteiger partial charge is 0.310 e. The highest BCUT2D eigenvalue weighted by Gasteiger charge is 2.29.